The van der Waals surface area contributed by atoms with Crippen LogP contribution in [0, 0.1) is 0 Å². The summed E-state index contributed by atoms with van der Waals surface area (Å²) in [5.41, 5.74) is 0.826. The minimum atomic E-state index is 0.121. The largest absolute Gasteiger partial charge is 0.497 e. The van der Waals surface area contributed by atoms with Crippen LogP contribution in [0.1, 0.15) is 0 Å². The molecule has 0 atom stereocenters. The van der Waals surface area contributed by atoms with Gasteiger partial charge in [-0.3, -0.25) is 0 Å². The Hall–Kier alpha value is -2.24. The fraction of sp³-hybridized carbons (Fsp3) is 0.200. The third kappa shape index (κ3) is 2.22. The molecule has 1 aromatic carbocycles. The van der Waals surface area contributed by atoms with Gasteiger partial charge in [-0.2, -0.15) is 0 Å². The number of methoxy groups -OCH3 is 2. The first-order chi connectivity index (χ1) is 7.81. The first-order valence-electron chi connectivity index (χ1n) is 4.60. The van der Waals surface area contributed by atoms with Crippen molar-refractivity contribution in [3.63, 3.8) is 0 Å². The predicted octanol–water partition coefficient (Wildman–Crippen LogP) is 1.83. The molecule has 1 heterocycles. The first-order valence-corrected chi connectivity index (χ1v) is 4.60. The van der Waals surface area contributed by atoms with Crippen LogP contribution in [0.25, 0.3) is 0 Å². The van der Waals surface area contributed by atoms with Crippen molar-refractivity contribution >= 4 is 11.7 Å². The summed E-state index contributed by atoms with van der Waals surface area (Å²) in [4.78, 5) is 0. The van der Waals surface area contributed by atoms with Crippen molar-refractivity contribution in [2.75, 3.05) is 19.5 Å². The van der Waals surface area contributed by atoms with E-state index >= 15 is 0 Å². The topological polar surface area (TPSA) is 69.4 Å². The Labute approximate surface area is 92.2 Å². The first kappa shape index (κ1) is 10.3. The number of aromatic nitrogens is 2. The van der Waals surface area contributed by atoms with Crippen LogP contribution >= 0.6 is 0 Å². The lowest BCUT2D eigenvalue weighted by atomic mass is 10.3. The Balaban J connectivity index is 2.08. The minimum absolute atomic E-state index is 0.121. The number of nitrogens with zero attached hydrogens (tertiary/aromatic N) is 2. The Morgan fingerprint density at radius 3 is 2.38 bits per heavy atom. The van der Waals surface area contributed by atoms with Crippen LogP contribution in [-0.2, 0) is 0 Å². The van der Waals surface area contributed by atoms with Crippen molar-refractivity contribution in [1.29, 1.82) is 0 Å². The van der Waals surface area contributed by atoms with Gasteiger partial charge in [0, 0.05) is 5.69 Å². The fourth-order valence-electron chi connectivity index (χ4n) is 1.14. The van der Waals surface area contributed by atoms with Gasteiger partial charge in [-0.15, -0.1) is 0 Å². The molecule has 0 bridgehead atoms. The van der Waals surface area contributed by atoms with Gasteiger partial charge in [0.15, 0.2) is 0 Å². The molecule has 0 aliphatic rings. The molecule has 6 heteroatoms. The van der Waals surface area contributed by atoms with Crippen molar-refractivity contribution in [2.24, 2.45) is 0 Å². The summed E-state index contributed by atoms with van der Waals surface area (Å²) in [5, 5.41) is 10.3. The van der Waals surface area contributed by atoms with E-state index in [1.54, 1.807) is 7.11 Å². The summed E-state index contributed by atoms with van der Waals surface area (Å²) in [5.74, 6) is 0.786. The lowest BCUT2D eigenvalue weighted by molar-refractivity contribution is 0.294. The van der Waals surface area contributed by atoms with E-state index in [1.807, 2.05) is 24.3 Å². The number of nitrogens with one attached hydrogen (secondary N) is 1. The van der Waals surface area contributed by atoms with Crippen molar-refractivity contribution < 1.29 is 13.9 Å². The average molecular weight is 221 g/mol. The molecule has 0 saturated carbocycles. The molecule has 2 rings (SSSR count). The zero-order chi connectivity index (χ0) is 11.4. The van der Waals surface area contributed by atoms with E-state index in [4.69, 9.17) is 13.9 Å². The monoisotopic (exact) mass is 221 g/mol. The van der Waals surface area contributed by atoms with Gasteiger partial charge in [-0.1, -0.05) is 10.2 Å². The molecule has 0 amide bonds. The molecule has 1 N–H and O–H groups in total. The highest BCUT2D eigenvalue weighted by Crippen LogP contribution is 2.20. The number of ether oxygens (including phenoxy) is 2. The minimum Gasteiger partial charge on any atom is -0.497 e. The van der Waals surface area contributed by atoms with Crippen molar-refractivity contribution in [2.45, 2.75) is 0 Å². The maximum absolute atomic E-state index is 5.11. The SMILES string of the molecule is COc1ccc(Nc2nnc(OC)o2)cc1. The molecule has 0 spiro atoms. The van der Waals surface area contributed by atoms with E-state index in [0.717, 1.165) is 11.4 Å². The molecule has 84 valence electrons. The van der Waals surface area contributed by atoms with Crippen LogP contribution in [0.2, 0.25) is 0 Å². The molecule has 0 saturated heterocycles. The van der Waals surface area contributed by atoms with Crippen LogP contribution < -0.4 is 14.8 Å². The zero-order valence-electron chi connectivity index (χ0n) is 8.93. The van der Waals surface area contributed by atoms with Crippen LogP contribution in [0.15, 0.2) is 28.7 Å². The van der Waals surface area contributed by atoms with Gasteiger partial charge in [0.05, 0.1) is 14.2 Å². The van der Waals surface area contributed by atoms with Crippen molar-refractivity contribution in [1.82, 2.24) is 10.2 Å². The van der Waals surface area contributed by atoms with E-state index in [-0.39, 0.29) is 12.1 Å². The summed E-state index contributed by atoms with van der Waals surface area (Å²) >= 11 is 0. The second kappa shape index (κ2) is 4.52. The van der Waals surface area contributed by atoms with E-state index in [9.17, 15) is 0 Å². The standard InChI is InChI=1S/C10H11N3O3/c1-14-8-5-3-7(4-6-8)11-9-12-13-10(15-2)16-9/h3-6H,1-2H3,(H,11,12). The molecule has 0 fully saturated rings. The van der Waals surface area contributed by atoms with Gasteiger partial charge in [0.25, 0.3) is 0 Å². The van der Waals surface area contributed by atoms with Gasteiger partial charge < -0.3 is 19.2 Å². The Morgan fingerprint density at radius 2 is 1.81 bits per heavy atom. The van der Waals surface area contributed by atoms with E-state index in [2.05, 4.69) is 15.5 Å². The summed E-state index contributed by atoms with van der Waals surface area (Å²) in [6, 6.07) is 7.62. The van der Waals surface area contributed by atoms with Gasteiger partial charge in [0.1, 0.15) is 5.75 Å². The summed E-state index contributed by atoms with van der Waals surface area (Å²) < 4.78 is 14.9. The van der Waals surface area contributed by atoms with Gasteiger partial charge >= 0.3 is 12.1 Å². The molecule has 16 heavy (non-hydrogen) atoms. The number of hydrogen-bond donors (Lipinski definition) is 1. The molecule has 6 nitrogen and oxygen atoms in total. The maximum atomic E-state index is 5.11. The van der Waals surface area contributed by atoms with Gasteiger partial charge in [-0.25, -0.2) is 0 Å². The summed E-state index contributed by atoms with van der Waals surface area (Å²) in [6.07, 6.45) is 0.121. The number of benzene rings is 1. The number of anilines is 2. The summed E-state index contributed by atoms with van der Waals surface area (Å²) in [6.45, 7) is 0. The highest BCUT2D eigenvalue weighted by Gasteiger charge is 2.05. The highest BCUT2D eigenvalue weighted by molar-refractivity contribution is 5.53. The van der Waals surface area contributed by atoms with Crippen LogP contribution in [0.4, 0.5) is 11.7 Å². The maximum Gasteiger partial charge on any atom is 0.415 e. The molecule has 0 radical (unpaired) electrons. The van der Waals surface area contributed by atoms with Gasteiger partial charge in [-0.05, 0) is 24.3 Å². The highest BCUT2D eigenvalue weighted by atomic mass is 16.6. The molecule has 2 aromatic rings. The Bertz CT molecular complexity index is 453. The molecule has 1 aromatic heterocycles. The van der Waals surface area contributed by atoms with E-state index in [0.29, 0.717) is 0 Å². The van der Waals surface area contributed by atoms with Crippen LogP contribution in [0.5, 0.6) is 11.8 Å². The molecule has 0 aliphatic heterocycles. The fourth-order valence-corrected chi connectivity index (χ4v) is 1.14. The second-order valence-corrected chi connectivity index (χ2v) is 2.93. The normalized spacial score (nSPS) is 9.88. The van der Waals surface area contributed by atoms with E-state index < -0.39 is 0 Å². The zero-order valence-corrected chi connectivity index (χ0v) is 8.93. The summed E-state index contributed by atoms with van der Waals surface area (Å²) in [7, 11) is 3.08. The second-order valence-electron chi connectivity index (χ2n) is 2.93. The molecular weight excluding hydrogens is 210 g/mol. The lowest BCUT2D eigenvalue weighted by Gasteiger charge is -2.02. The molecule has 0 aliphatic carbocycles. The van der Waals surface area contributed by atoms with Crippen LogP contribution in [-0.4, -0.2) is 24.4 Å². The quantitative estimate of drug-likeness (QED) is 0.849. The molecule has 0 unspecified atom stereocenters. The van der Waals surface area contributed by atoms with Crippen LogP contribution in [0.3, 0.4) is 0 Å². The average Bonchev–Trinajstić information content (AvgIpc) is 2.78. The lowest BCUT2D eigenvalue weighted by Crippen LogP contribution is -1.90. The van der Waals surface area contributed by atoms with E-state index in [1.165, 1.54) is 7.11 Å². The number of hydrogen-bond acceptors (Lipinski definition) is 6. The molecular formula is C10H11N3O3. The Morgan fingerprint density at radius 1 is 1.06 bits per heavy atom. The third-order valence-electron chi connectivity index (χ3n) is 1.92. The Kier molecular flexibility index (Phi) is 2.90. The number of rotatable bonds is 4. The van der Waals surface area contributed by atoms with Crippen molar-refractivity contribution in [3.05, 3.63) is 24.3 Å². The predicted molar refractivity (Wildman–Crippen MR) is 57.1 cm³/mol. The van der Waals surface area contributed by atoms with Gasteiger partial charge in [0.2, 0.25) is 0 Å². The third-order valence-corrected chi connectivity index (χ3v) is 1.92. The smallest absolute Gasteiger partial charge is 0.415 e. The van der Waals surface area contributed by atoms with Crippen molar-refractivity contribution in [3.8, 4) is 11.8 Å².